The first-order chi connectivity index (χ1) is 9.95. The van der Waals surface area contributed by atoms with Crippen LogP contribution in [0.25, 0.3) is 22.2 Å². The summed E-state index contributed by atoms with van der Waals surface area (Å²) in [6.45, 7) is 0. The van der Waals surface area contributed by atoms with Crippen LogP contribution >= 0.6 is 34.5 Å². The Balaban J connectivity index is 2.34. The van der Waals surface area contributed by atoms with Crippen LogP contribution in [0.1, 0.15) is 10.4 Å². The van der Waals surface area contributed by atoms with Crippen molar-refractivity contribution in [2.45, 2.75) is 0 Å². The lowest BCUT2D eigenvalue weighted by atomic mass is 10.1. The molecule has 106 valence electrons. The zero-order valence-electron chi connectivity index (χ0n) is 10.2. The van der Waals surface area contributed by atoms with Crippen molar-refractivity contribution < 1.29 is 14.3 Å². The van der Waals surface area contributed by atoms with E-state index in [1.165, 1.54) is 23.5 Å². The van der Waals surface area contributed by atoms with Crippen molar-refractivity contribution in [2.24, 2.45) is 0 Å². The van der Waals surface area contributed by atoms with Gasteiger partial charge in [0.15, 0.2) is 0 Å². The van der Waals surface area contributed by atoms with Crippen molar-refractivity contribution in [3.63, 3.8) is 0 Å². The second kappa shape index (κ2) is 5.26. The fraction of sp³-hybridized carbons (Fsp3) is 0. The van der Waals surface area contributed by atoms with E-state index in [2.05, 4.69) is 4.98 Å². The van der Waals surface area contributed by atoms with E-state index in [1.807, 2.05) is 0 Å². The van der Waals surface area contributed by atoms with Crippen LogP contribution < -0.4 is 0 Å². The lowest BCUT2D eigenvalue weighted by Gasteiger charge is -2.07. The minimum atomic E-state index is -1.13. The molecule has 0 saturated heterocycles. The van der Waals surface area contributed by atoms with Gasteiger partial charge in [-0.05, 0) is 18.2 Å². The number of nitrogens with zero attached hydrogens (tertiary/aromatic N) is 1. The summed E-state index contributed by atoms with van der Waals surface area (Å²) < 4.78 is 14.1. The van der Waals surface area contributed by atoms with Crippen molar-refractivity contribution in [3.05, 3.63) is 50.4 Å². The van der Waals surface area contributed by atoms with Gasteiger partial charge in [-0.15, -0.1) is 11.3 Å². The van der Waals surface area contributed by atoms with Crippen molar-refractivity contribution in [1.29, 1.82) is 0 Å². The number of carboxylic acid groups (broad SMARTS) is 1. The number of thiophene rings is 1. The van der Waals surface area contributed by atoms with E-state index in [0.717, 1.165) is 6.07 Å². The van der Waals surface area contributed by atoms with Gasteiger partial charge in [-0.3, -0.25) is 0 Å². The van der Waals surface area contributed by atoms with Crippen molar-refractivity contribution in [3.8, 4) is 11.3 Å². The van der Waals surface area contributed by atoms with Crippen LogP contribution in [-0.2, 0) is 0 Å². The summed E-state index contributed by atoms with van der Waals surface area (Å²) in [5, 5.41) is 11.2. The second-order valence-corrected chi connectivity index (χ2v) is 6.23. The maximum absolute atomic E-state index is 13.6. The Kier molecular flexibility index (Phi) is 3.57. The van der Waals surface area contributed by atoms with E-state index in [1.54, 1.807) is 11.4 Å². The number of hydrogen-bond acceptors (Lipinski definition) is 3. The summed E-state index contributed by atoms with van der Waals surface area (Å²) in [7, 11) is 0. The number of fused-ring (bicyclic) bond motifs is 1. The number of halogens is 3. The van der Waals surface area contributed by atoms with Gasteiger partial charge in [0, 0.05) is 22.4 Å². The normalized spacial score (nSPS) is 11.0. The molecular weight excluding hydrogens is 336 g/mol. The molecule has 7 heteroatoms. The maximum atomic E-state index is 13.6. The van der Waals surface area contributed by atoms with Crippen LogP contribution in [0, 0.1) is 5.82 Å². The van der Waals surface area contributed by atoms with Crippen molar-refractivity contribution >= 4 is 51.4 Å². The predicted octanol–water partition coefficient (Wildman–Crippen LogP) is 5.11. The molecule has 0 fully saturated rings. The Hall–Kier alpha value is -1.69. The monoisotopic (exact) mass is 341 g/mol. The Labute approximate surface area is 132 Å². The average molecular weight is 342 g/mol. The number of aromatic nitrogens is 1. The molecule has 0 atom stereocenters. The molecule has 0 aliphatic heterocycles. The smallest absolute Gasteiger partial charge is 0.336 e. The van der Waals surface area contributed by atoms with E-state index >= 15 is 0 Å². The Morgan fingerprint density at radius 2 is 2.00 bits per heavy atom. The van der Waals surface area contributed by atoms with Crippen molar-refractivity contribution in [2.75, 3.05) is 0 Å². The lowest BCUT2D eigenvalue weighted by molar-refractivity contribution is 0.0699. The van der Waals surface area contributed by atoms with Gasteiger partial charge in [-0.25, -0.2) is 14.2 Å². The third-order valence-corrected chi connectivity index (χ3v) is 4.33. The number of benzene rings is 1. The van der Waals surface area contributed by atoms with E-state index in [9.17, 15) is 14.3 Å². The van der Waals surface area contributed by atoms with Gasteiger partial charge in [0.05, 0.1) is 26.1 Å². The highest BCUT2D eigenvalue weighted by Gasteiger charge is 2.16. The molecule has 0 radical (unpaired) electrons. The largest absolute Gasteiger partial charge is 0.478 e. The van der Waals surface area contributed by atoms with Gasteiger partial charge in [0.2, 0.25) is 0 Å². The van der Waals surface area contributed by atoms with E-state index in [4.69, 9.17) is 23.2 Å². The van der Waals surface area contributed by atoms with Gasteiger partial charge >= 0.3 is 5.97 Å². The molecule has 2 aromatic heterocycles. The number of pyridine rings is 1. The highest BCUT2D eigenvalue weighted by molar-refractivity contribution is 7.14. The van der Waals surface area contributed by atoms with Gasteiger partial charge in [-0.1, -0.05) is 23.2 Å². The third kappa shape index (κ3) is 2.60. The van der Waals surface area contributed by atoms with Crippen molar-refractivity contribution in [1.82, 2.24) is 4.98 Å². The molecule has 21 heavy (non-hydrogen) atoms. The SMILES string of the molecule is O=C(O)c1cc(-c2csc(Cl)c2)nc2cc(F)c(Cl)cc12. The number of carbonyl (C=O) groups is 1. The van der Waals surface area contributed by atoms with Gasteiger partial charge in [0.25, 0.3) is 0 Å². The average Bonchev–Trinajstić information content (AvgIpc) is 2.85. The van der Waals surface area contributed by atoms with Gasteiger partial charge < -0.3 is 5.11 Å². The number of carboxylic acids is 1. The molecule has 0 bridgehead atoms. The standard InChI is InChI=1S/C14H6Cl2FNO2S/c15-9-2-7-8(14(19)20)3-11(6-1-13(16)21-5-6)18-12(7)4-10(9)17/h1-5H,(H,19,20). The van der Waals surface area contributed by atoms with Crippen LogP contribution in [0.4, 0.5) is 4.39 Å². The van der Waals surface area contributed by atoms with Crippen LogP contribution in [0.2, 0.25) is 9.36 Å². The summed E-state index contributed by atoms with van der Waals surface area (Å²) in [5.41, 5.74) is 1.35. The van der Waals surface area contributed by atoms with E-state index < -0.39 is 11.8 Å². The fourth-order valence-electron chi connectivity index (χ4n) is 1.99. The van der Waals surface area contributed by atoms with Gasteiger partial charge in [-0.2, -0.15) is 0 Å². The molecular formula is C14H6Cl2FNO2S. The zero-order chi connectivity index (χ0) is 15.1. The molecule has 0 spiro atoms. The zero-order valence-corrected chi connectivity index (χ0v) is 12.6. The third-order valence-electron chi connectivity index (χ3n) is 2.94. The fourth-order valence-corrected chi connectivity index (χ4v) is 3.03. The molecule has 0 saturated carbocycles. The van der Waals surface area contributed by atoms with E-state index in [-0.39, 0.29) is 16.1 Å². The summed E-state index contributed by atoms with van der Waals surface area (Å²) >= 11 is 12.9. The maximum Gasteiger partial charge on any atom is 0.336 e. The molecule has 3 aromatic rings. The molecule has 3 nitrogen and oxygen atoms in total. The second-order valence-electron chi connectivity index (χ2n) is 4.28. The minimum Gasteiger partial charge on any atom is -0.478 e. The van der Waals surface area contributed by atoms with Crippen LogP contribution in [0.3, 0.4) is 0 Å². The predicted molar refractivity (Wildman–Crippen MR) is 82.0 cm³/mol. The summed E-state index contributed by atoms with van der Waals surface area (Å²) in [6, 6.07) is 5.50. The summed E-state index contributed by atoms with van der Waals surface area (Å²) in [4.78, 5) is 15.7. The quantitative estimate of drug-likeness (QED) is 0.704. The van der Waals surface area contributed by atoms with Crippen LogP contribution in [0.5, 0.6) is 0 Å². The first kappa shape index (κ1) is 14.3. The molecule has 1 aromatic carbocycles. The van der Waals surface area contributed by atoms with E-state index in [0.29, 0.717) is 21.0 Å². The molecule has 1 N–H and O–H groups in total. The number of aromatic carboxylic acids is 1. The topological polar surface area (TPSA) is 50.2 Å². The molecule has 0 unspecified atom stereocenters. The highest BCUT2D eigenvalue weighted by atomic mass is 35.5. The highest BCUT2D eigenvalue weighted by Crippen LogP contribution is 2.32. The van der Waals surface area contributed by atoms with Crippen LogP contribution in [0.15, 0.2) is 29.6 Å². The first-order valence-electron chi connectivity index (χ1n) is 5.73. The first-order valence-corrected chi connectivity index (χ1v) is 7.37. The summed E-state index contributed by atoms with van der Waals surface area (Å²) in [6.07, 6.45) is 0. The molecule has 0 aliphatic rings. The summed E-state index contributed by atoms with van der Waals surface area (Å²) in [5.74, 6) is -1.78. The minimum absolute atomic E-state index is 0.0132. The lowest BCUT2D eigenvalue weighted by Crippen LogP contribution is -2.00. The number of rotatable bonds is 2. The molecule has 0 aliphatic carbocycles. The van der Waals surface area contributed by atoms with Crippen LogP contribution in [-0.4, -0.2) is 16.1 Å². The number of hydrogen-bond donors (Lipinski definition) is 1. The molecule has 0 amide bonds. The molecule has 2 heterocycles. The molecule has 3 rings (SSSR count). The Morgan fingerprint density at radius 3 is 2.62 bits per heavy atom. The Morgan fingerprint density at radius 1 is 1.24 bits per heavy atom. The Bertz CT molecular complexity index is 879. The van der Waals surface area contributed by atoms with Gasteiger partial charge in [0.1, 0.15) is 5.82 Å².